The predicted molar refractivity (Wildman–Crippen MR) is 83.1 cm³/mol. The molecule has 0 aliphatic carbocycles. The van der Waals surface area contributed by atoms with Gasteiger partial charge in [-0.1, -0.05) is 23.7 Å². The van der Waals surface area contributed by atoms with Gasteiger partial charge in [-0.3, -0.25) is 4.98 Å². The summed E-state index contributed by atoms with van der Waals surface area (Å²) in [6, 6.07) is 11.9. The topological polar surface area (TPSA) is 37.8 Å². The fourth-order valence-corrected chi connectivity index (χ4v) is 2.25. The van der Waals surface area contributed by atoms with Gasteiger partial charge in [0.1, 0.15) is 5.82 Å². The Labute approximate surface area is 122 Å². The highest BCUT2D eigenvalue weighted by atomic mass is 35.5. The number of pyridine rings is 2. The largest absolute Gasteiger partial charge is 0.366 e. The van der Waals surface area contributed by atoms with E-state index in [0.717, 1.165) is 32.9 Å². The molecule has 0 saturated heterocycles. The zero-order valence-electron chi connectivity index (χ0n) is 11.1. The maximum atomic E-state index is 6.14. The van der Waals surface area contributed by atoms with Crippen molar-refractivity contribution in [2.24, 2.45) is 0 Å². The van der Waals surface area contributed by atoms with Gasteiger partial charge in [-0.05, 0) is 42.3 Å². The van der Waals surface area contributed by atoms with Crippen LogP contribution in [0, 0.1) is 6.92 Å². The third kappa shape index (κ3) is 2.58. The van der Waals surface area contributed by atoms with E-state index in [2.05, 4.69) is 21.4 Å². The fraction of sp³-hybridized carbons (Fsp3) is 0.125. The number of anilines is 1. The highest BCUT2D eigenvalue weighted by Crippen LogP contribution is 2.25. The first kappa shape index (κ1) is 12.9. The van der Waals surface area contributed by atoms with Crippen molar-refractivity contribution in [1.82, 2.24) is 9.97 Å². The van der Waals surface area contributed by atoms with Gasteiger partial charge in [0.05, 0.1) is 5.52 Å². The van der Waals surface area contributed by atoms with E-state index >= 15 is 0 Å². The van der Waals surface area contributed by atoms with Gasteiger partial charge in [0.15, 0.2) is 0 Å². The van der Waals surface area contributed by atoms with E-state index in [9.17, 15) is 0 Å². The third-order valence-electron chi connectivity index (χ3n) is 3.25. The highest BCUT2D eigenvalue weighted by molar-refractivity contribution is 6.32. The minimum absolute atomic E-state index is 0.700. The lowest BCUT2D eigenvalue weighted by Crippen LogP contribution is -2.01. The van der Waals surface area contributed by atoms with Gasteiger partial charge in [0, 0.05) is 29.3 Å². The molecule has 2 heterocycles. The summed E-state index contributed by atoms with van der Waals surface area (Å²) in [6.07, 6.45) is 3.61. The molecule has 0 aliphatic rings. The lowest BCUT2D eigenvalue weighted by atomic mass is 10.1. The Hall–Kier alpha value is -2.13. The van der Waals surface area contributed by atoms with Crippen LogP contribution in [0.5, 0.6) is 0 Å². The molecule has 0 unspecified atom stereocenters. The molecule has 0 fully saturated rings. The minimum atomic E-state index is 0.700. The van der Waals surface area contributed by atoms with E-state index < -0.39 is 0 Å². The number of hydrogen-bond acceptors (Lipinski definition) is 3. The van der Waals surface area contributed by atoms with Crippen LogP contribution in [0.1, 0.15) is 11.1 Å². The molecular formula is C16H14ClN3. The normalized spacial score (nSPS) is 10.7. The maximum absolute atomic E-state index is 6.14. The second kappa shape index (κ2) is 5.47. The molecule has 2 aromatic heterocycles. The van der Waals surface area contributed by atoms with Crippen molar-refractivity contribution in [1.29, 1.82) is 0 Å². The van der Waals surface area contributed by atoms with Crippen LogP contribution in [0.4, 0.5) is 5.82 Å². The third-order valence-corrected chi connectivity index (χ3v) is 3.66. The number of fused-ring (bicyclic) bond motifs is 1. The monoisotopic (exact) mass is 283 g/mol. The van der Waals surface area contributed by atoms with Gasteiger partial charge in [-0.2, -0.15) is 0 Å². The van der Waals surface area contributed by atoms with E-state index in [1.165, 1.54) is 0 Å². The van der Waals surface area contributed by atoms with Gasteiger partial charge in [0.25, 0.3) is 0 Å². The first-order chi connectivity index (χ1) is 9.74. The Morgan fingerprint density at radius 2 is 2.00 bits per heavy atom. The van der Waals surface area contributed by atoms with Crippen LogP contribution in [0.2, 0.25) is 5.02 Å². The van der Waals surface area contributed by atoms with Crippen LogP contribution in [-0.2, 0) is 6.54 Å². The highest BCUT2D eigenvalue weighted by Gasteiger charge is 2.04. The van der Waals surface area contributed by atoms with Crippen LogP contribution in [0.25, 0.3) is 10.9 Å². The average Bonchev–Trinajstić information content (AvgIpc) is 2.50. The number of hydrogen-bond donors (Lipinski definition) is 1. The summed E-state index contributed by atoms with van der Waals surface area (Å²) in [6.45, 7) is 2.69. The lowest BCUT2D eigenvalue weighted by molar-refractivity contribution is 1.09. The van der Waals surface area contributed by atoms with E-state index in [4.69, 9.17) is 11.6 Å². The molecule has 1 aromatic carbocycles. The Balaban J connectivity index is 1.87. The quantitative estimate of drug-likeness (QED) is 0.783. The van der Waals surface area contributed by atoms with Crippen molar-refractivity contribution in [3.05, 3.63) is 64.9 Å². The summed E-state index contributed by atoms with van der Waals surface area (Å²) < 4.78 is 0. The lowest BCUT2D eigenvalue weighted by Gasteiger charge is -2.08. The summed E-state index contributed by atoms with van der Waals surface area (Å²) in [5.41, 5.74) is 3.07. The van der Waals surface area contributed by atoms with Crippen molar-refractivity contribution in [2.45, 2.75) is 13.5 Å². The smallest absolute Gasteiger partial charge is 0.126 e. The molecule has 1 N–H and O–H groups in total. The van der Waals surface area contributed by atoms with Crippen molar-refractivity contribution in [3.8, 4) is 0 Å². The molecule has 4 heteroatoms. The zero-order valence-corrected chi connectivity index (χ0v) is 11.9. The molecule has 20 heavy (non-hydrogen) atoms. The Bertz CT molecular complexity index is 741. The number of halogens is 1. The standard InChI is InChI=1S/C16H14ClN3/c1-11-14(17)6-4-13-5-7-15(20-16(11)13)19-10-12-3-2-8-18-9-12/h2-9H,10H2,1H3,(H,19,20). The number of aromatic nitrogens is 2. The predicted octanol–water partition coefficient (Wildman–Crippen LogP) is 4.20. The van der Waals surface area contributed by atoms with E-state index in [-0.39, 0.29) is 0 Å². The zero-order chi connectivity index (χ0) is 13.9. The number of rotatable bonds is 3. The summed E-state index contributed by atoms with van der Waals surface area (Å²) in [5.74, 6) is 0.840. The van der Waals surface area contributed by atoms with E-state index in [0.29, 0.717) is 6.54 Å². The second-order valence-corrected chi connectivity index (χ2v) is 5.06. The van der Waals surface area contributed by atoms with Gasteiger partial charge >= 0.3 is 0 Å². The Morgan fingerprint density at radius 1 is 1.15 bits per heavy atom. The summed E-state index contributed by atoms with van der Waals surface area (Å²) in [5, 5.41) is 5.15. The van der Waals surface area contributed by atoms with Crippen LogP contribution in [-0.4, -0.2) is 9.97 Å². The van der Waals surface area contributed by atoms with Gasteiger partial charge in [0.2, 0.25) is 0 Å². The number of benzene rings is 1. The van der Waals surface area contributed by atoms with Crippen LogP contribution < -0.4 is 5.32 Å². The Morgan fingerprint density at radius 3 is 2.80 bits per heavy atom. The summed E-state index contributed by atoms with van der Waals surface area (Å²) in [7, 11) is 0. The van der Waals surface area contributed by atoms with Crippen LogP contribution in [0.15, 0.2) is 48.8 Å². The van der Waals surface area contributed by atoms with E-state index in [1.54, 1.807) is 6.20 Å². The molecule has 3 nitrogen and oxygen atoms in total. The molecule has 100 valence electrons. The molecule has 0 radical (unpaired) electrons. The molecule has 3 rings (SSSR count). The number of nitrogens with one attached hydrogen (secondary N) is 1. The Kier molecular flexibility index (Phi) is 3.52. The van der Waals surface area contributed by atoms with E-state index in [1.807, 2.05) is 43.5 Å². The second-order valence-electron chi connectivity index (χ2n) is 4.66. The average molecular weight is 284 g/mol. The van der Waals surface area contributed by atoms with Gasteiger partial charge in [-0.25, -0.2) is 4.98 Å². The van der Waals surface area contributed by atoms with Crippen LogP contribution >= 0.6 is 11.6 Å². The van der Waals surface area contributed by atoms with Crippen molar-refractivity contribution in [2.75, 3.05) is 5.32 Å². The van der Waals surface area contributed by atoms with Crippen molar-refractivity contribution in [3.63, 3.8) is 0 Å². The number of nitrogens with zero attached hydrogens (tertiary/aromatic N) is 2. The molecule has 0 amide bonds. The van der Waals surface area contributed by atoms with Crippen molar-refractivity contribution >= 4 is 28.3 Å². The molecule has 0 spiro atoms. The molecule has 0 bridgehead atoms. The first-order valence-electron chi connectivity index (χ1n) is 6.43. The summed E-state index contributed by atoms with van der Waals surface area (Å²) >= 11 is 6.14. The van der Waals surface area contributed by atoms with Gasteiger partial charge in [-0.15, -0.1) is 0 Å². The molecule has 3 aromatic rings. The molecule has 0 saturated carbocycles. The van der Waals surface area contributed by atoms with Crippen molar-refractivity contribution < 1.29 is 0 Å². The first-order valence-corrected chi connectivity index (χ1v) is 6.80. The molecule has 0 atom stereocenters. The van der Waals surface area contributed by atoms with Crippen LogP contribution in [0.3, 0.4) is 0 Å². The maximum Gasteiger partial charge on any atom is 0.126 e. The number of aryl methyl sites for hydroxylation is 1. The summed E-state index contributed by atoms with van der Waals surface area (Å²) in [4.78, 5) is 8.73. The SMILES string of the molecule is Cc1c(Cl)ccc2ccc(NCc3cccnc3)nc12. The molecule has 0 aliphatic heterocycles. The van der Waals surface area contributed by atoms with Gasteiger partial charge < -0.3 is 5.32 Å². The minimum Gasteiger partial charge on any atom is -0.366 e. The fourth-order valence-electron chi connectivity index (χ4n) is 2.10. The molecular weight excluding hydrogens is 270 g/mol.